The third-order valence-corrected chi connectivity index (χ3v) is 10.4. The molecule has 16 heteroatoms. The van der Waals surface area contributed by atoms with Gasteiger partial charge < -0.3 is 24.7 Å². The van der Waals surface area contributed by atoms with E-state index in [2.05, 4.69) is 20.6 Å². The van der Waals surface area contributed by atoms with Crippen LogP contribution < -0.4 is 26.7 Å². The molecule has 3 aromatic rings. The lowest BCUT2D eigenvalue weighted by Crippen LogP contribution is -2.52. The number of alkyl halides is 2. The first-order valence-electron chi connectivity index (χ1n) is 14.3. The predicted molar refractivity (Wildman–Crippen MR) is 164 cm³/mol. The van der Waals surface area contributed by atoms with E-state index in [0.717, 1.165) is 0 Å². The van der Waals surface area contributed by atoms with E-state index < -0.39 is 38.7 Å². The van der Waals surface area contributed by atoms with Crippen LogP contribution >= 0.6 is 11.6 Å². The van der Waals surface area contributed by atoms with Gasteiger partial charge in [-0.05, 0) is 31.0 Å². The fraction of sp³-hybridized carbons (Fsp3) is 0.536. The Morgan fingerprint density at radius 1 is 1.09 bits per heavy atom. The number of aryl methyl sites for hydroxylation is 2. The first kappa shape index (κ1) is 31.8. The highest BCUT2D eigenvalue weighted by atomic mass is 35.5. The third-order valence-electron chi connectivity index (χ3n) is 8.42. The van der Waals surface area contributed by atoms with E-state index in [1.165, 1.54) is 36.2 Å². The highest BCUT2D eigenvalue weighted by Crippen LogP contribution is 2.39. The van der Waals surface area contributed by atoms with Crippen molar-refractivity contribution in [3.8, 4) is 0 Å². The van der Waals surface area contributed by atoms with Crippen LogP contribution in [0.3, 0.4) is 0 Å². The maximum absolute atomic E-state index is 14.4. The summed E-state index contributed by atoms with van der Waals surface area (Å²) in [6, 6.07) is 4.67. The summed E-state index contributed by atoms with van der Waals surface area (Å²) in [5, 5.41) is 6.11. The SMILES string of the molecule is C[C@@H]1CN(c2ncc(Cl)c(Nc3ccc4c(c3)n(CCC(=O)NC3CCS(=O)(=O)CC3)c(=O)c(=O)n4C)n2)C[C@H](C)C1(F)F. The predicted octanol–water partition coefficient (Wildman–Crippen LogP) is 2.70. The number of nitrogens with zero attached hydrogens (tertiary/aromatic N) is 5. The van der Waals surface area contributed by atoms with Gasteiger partial charge >= 0.3 is 11.1 Å². The summed E-state index contributed by atoms with van der Waals surface area (Å²) in [7, 11) is -1.60. The molecule has 2 atom stereocenters. The Morgan fingerprint density at radius 2 is 1.75 bits per heavy atom. The molecule has 0 aliphatic carbocycles. The van der Waals surface area contributed by atoms with Gasteiger partial charge in [-0.3, -0.25) is 14.4 Å². The lowest BCUT2D eigenvalue weighted by molar-refractivity contribution is -0.122. The number of fused-ring (bicyclic) bond motifs is 1. The Hall–Kier alpha value is -3.59. The number of anilines is 3. The summed E-state index contributed by atoms with van der Waals surface area (Å²) in [6.45, 7) is 3.04. The summed E-state index contributed by atoms with van der Waals surface area (Å²) in [5.74, 6) is -4.46. The molecular weight excluding hydrogens is 620 g/mol. The van der Waals surface area contributed by atoms with Crippen LogP contribution in [-0.2, 0) is 28.2 Å². The molecule has 2 saturated heterocycles. The minimum Gasteiger partial charge on any atom is -0.353 e. The molecule has 0 saturated carbocycles. The van der Waals surface area contributed by atoms with Crippen molar-refractivity contribution in [2.45, 2.75) is 51.6 Å². The van der Waals surface area contributed by atoms with Crippen molar-refractivity contribution in [1.29, 1.82) is 0 Å². The van der Waals surface area contributed by atoms with Crippen LogP contribution in [0.15, 0.2) is 34.0 Å². The van der Waals surface area contributed by atoms with Crippen LogP contribution in [0.25, 0.3) is 11.0 Å². The zero-order valence-corrected chi connectivity index (χ0v) is 26.1. The van der Waals surface area contributed by atoms with Gasteiger partial charge in [-0.1, -0.05) is 25.4 Å². The minimum absolute atomic E-state index is 0.0105. The fourth-order valence-electron chi connectivity index (χ4n) is 5.71. The Morgan fingerprint density at radius 3 is 2.41 bits per heavy atom. The molecule has 2 fully saturated rings. The number of hydrogen-bond acceptors (Lipinski definition) is 9. The molecule has 12 nitrogen and oxygen atoms in total. The van der Waals surface area contributed by atoms with E-state index in [1.54, 1.807) is 23.1 Å². The van der Waals surface area contributed by atoms with E-state index in [9.17, 15) is 31.6 Å². The van der Waals surface area contributed by atoms with Crippen molar-refractivity contribution in [1.82, 2.24) is 24.4 Å². The number of amides is 1. The number of halogens is 3. The van der Waals surface area contributed by atoms with Crippen molar-refractivity contribution in [2.24, 2.45) is 18.9 Å². The Bertz CT molecular complexity index is 1800. The summed E-state index contributed by atoms with van der Waals surface area (Å²) in [5.41, 5.74) is -0.262. The topological polar surface area (TPSA) is 148 Å². The second-order valence-electron chi connectivity index (χ2n) is 11.6. The zero-order valence-electron chi connectivity index (χ0n) is 24.5. The number of carbonyl (C=O) groups is 1. The van der Waals surface area contributed by atoms with Crippen LogP contribution in [0.4, 0.5) is 26.2 Å². The number of piperidine rings is 1. The molecule has 44 heavy (non-hydrogen) atoms. The third kappa shape index (κ3) is 6.43. The fourth-order valence-corrected chi connectivity index (χ4v) is 7.34. The Labute approximate surface area is 257 Å². The first-order valence-corrected chi connectivity index (χ1v) is 16.5. The van der Waals surface area contributed by atoms with Crippen LogP contribution in [-0.4, -0.2) is 70.0 Å². The standard InChI is InChI=1S/C28H34ClF2N7O5S/c1-16-14-37(15-17(2)28(16,30)31)27-32-13-20(29)24(35-27)34-19-4-5-21-22(12-19)38(26(41)25(40)36(21)3)9-6-23(39)33-18-7-10-44(42,43)11-8-18/h4-5,12-13,16-18H,6-11,14-15H2,1-3H3,(H,33,39)(H,32,34,35)/t16-,17+. The minimum atomic E-state index is -3.08. The van der Waals surface area contributed by atoms with Crippen molar-refractivity contribution in [3.63, 3.8) is 0 Å². The molecule has 238 valence electrons. The second kappa shape index (κ2) is 12.1. The Balaban J connectivity index is 1.38. The van der Waals surface area contributed by atoms with Crippen molar-refractivity contribution < 1.29 is 22.0 Å². The van der Waals surface area contributed by atoms with Crippen LogP contribution in [0, 0.1) is 11.8 Å². The quantitative estimate of drug-likeness (QED) is 0.367. The Kier molecular flexibility index (Phi) is 8.73. The molecule has 2 aliphatic rings. The molecule has 2 aromatic heterocycles. The van der Waals surface area contributed by atoms with Crippen molar-refractivity contribution >= 4 is 55.8 Å². The summed E-state index contributed by atoms with van der Waals surface area (Å²) < 4.78 is 54.6. The van der Waals surface area contributed by atoms with Crippen LogP contribution in [0.2, 0.25) is 5.02 Å². The number of benzene rings is 1. The van der Waals surface area contributed by atoms with Gasteiger partial charge in [-0.2, -0.15) is 4.98 Å². The van der Waals surface area contributed by atoms with Gasteiger partial charge in [0.25, 0.3) is 5.92 Å². The monoisotopic (exact) mass is 653 g/mol. The number of carbonyl (C=O) groups excluding carboxylic acids is 1. The summed E-state index contributed by atoms with van der Waals surface area (Å²) in [6.07, 6.45) is 1.94. The lowest BCUT2D eigenvalue weighted by atomic mass is 9.87. The van der Waals surface area contributed by atoms with Gasteiger partial charge in [0.2, 0.25) is 11.9 Å². The van der Waals surface area contributed by atoms with E-state index >= 15 is 0 Å². The second-order valence-corrected chi connectivity index (χ2v) is 14.4. The molecule has 2 aliphatic heterocycles. The molecule has 4 heterocycles. The summed E-state index contributed by atoms with van der Waals surface area (Å²) in [4.78, 5) is 48.8. The highest BCUT2D eigenvalue weighted by molar-refractivity contribution is 7.91. The number of rotatable bonds is 7. The van der Waals surface area contributed by atoms with Gasteiger partial charge in [0.05, 0.1) is 28.7 Å². The maximum atomic E-state index is 14.4. The number of aromatic nitrogens is 4. The van der Waals surface area contributed by atoms with Crippen LogP contribution in [0.5, 0.6) is 0 Å². The molecular formula is C28H34ClF2N7O5S. The largest absolute Gasteiger partial charge is 0.353 e. The van der Waals surface area contributed by atoms with Crippen molar-refractivity contribution in [3.05, 3.63) is 50.1 Å². The van der Waals surface area contributed by atoms with E-state index in [0.29, 0.717) is 29.6 Å². The van der Waals surface area contributed by atoms with E-state index in [-0.39, 0.29) is 66.3 Å². The molecule has 1 aromatic carbocycles. The highest BCUT2D eigenvalue weighted by Gasteiger charge is 2.47. The molecule has 0 unspecified atom stereocenters. The molecule has 0 bridgehead atoms. The van der Waals surface area contributed by atoms with E-state index in [4.69, 9.17) is 11.6 Å². The first-order chi connectivity index (χ1) is 20.7. The number of sulfone groups is 1. The summed E-state index contributed by atoms with van der Waals surface area (Å²) >= 11 is 6.38. The number of hydrogen-bond donors (Lipinski definition) is 2. The van der Waals surface area contributed by atoms with Gasteiger partial charge in [0.1, 0.15) is 14.9 Å². The van der Waals surface area contributed by atoms with Crippen LogP contribution in [0.1, 0.15) is 33.1 Å². The lowest BCUT2D eigenvalue weighted by Gasteiger charge is -2.41. The molecule has 5 rings (SSSR count). The average molecular weight is 654 g/mol. The van der Waals surface area contributed by atoms with Gasteiger partial charge in [0, 0.05) is 56.7 Å². The van der Waals surface area contributed by atoms with E-state index in [1.807, 2.05) is 0 Å². The smallest absolute Gasteiger partial charge is 0.316 e. The maximum Gasteiger partial charge on any atom is 0.316 e. The van der Waals surface area contributed by atoms with Gasteiger partial charge in [0.15, 0.2) is 5.82 Å². The number of nitrogens with one attached hydrogen (secondary N) is 2. The van der Waals surface area contributed by atoms with Crippen molar-refractivity contribution in [2.75, 3.05) is 34.8 Å². The molecule has 0 spiro atoms. The molecule has 2 N–H and O–H groups in total. The molecule has 1 amide bonds. The van der Waals surface area contributed by atoms with Gasteiger partial charge in [-0.15, -0.1) is 0 Å². The average Bonchev–Trinajstić information content (AvgIpc) is 2.97. The van der Waals surface area contributed by atoms with Gasteiger partial charge in [-0.25, -0.2) is 22.2 Å². The normalized spacial score (nSPS) is 21.7. The molecule has 0 radical (unpaired) electrons. The zero-order chi connectivity index (χ0) is 32.0.